The highest BCUT2D eigenvalue weighted by Gasteiger charge is 2.39. The molecule has 2 rings (SSSR count). The summed E-state index contributed by atoms with van der Waals surface area (Å²) in [7, 11) is 1.62. The van der Waals surface area contributed by atoms with E-state index >= 15 is 0 Å². The van der Waals surface area contributed by atoms with Crippen LogP contribution in [0.15, 0.2) is 24.3 Å². The van der Waals surface area contributed by atoms with E-state index in [0.717, 1.165) is 17.7 Å². The van der Waals surface area contributed by atoms with Crippen molar-refractivity contribution in [2.45, 2.75) is 45.4 Å². The predicted molar refractivity (Wildman–Crippen MR) is 80.9 cm³/mol. The van der Waals surface area contributed by atoms with Gasteiger partial charge >= 0.3 is 0 Å². The van der Waals surface area contributed by atoms with E-state index in [1.54, 1.807) is 18.9 Å². The fourth-order valence-electron chi connectivity index (χ4n) is 2.67. The summed E-state index contributed by atoms with van der Waals surface area (Å²) in [5, 5.41) is 2.81. The minimum atomic E-state index is -0.511. The third kappa shape index (κ3) is 3.08. The van der Waals surface area contributed by atoms with Gasteiger partial charge in [-0.15, -0.1) is 0 Å². The molecule has 2 amide bonds. The molecule has 5 heteroatoms. The molecule has 5 nitrogen and oxygen atoms in total. The molecule has 1 heterocycles. The van der Waals surface area contributed by atoms with Crippen molar-refractivity contribution < 1.29 is 14.3 Å². The van der Waals surface area contributed by atoms with Crippen molar-refractivity contribution in [3.63, 3.8) is 0 Å². The number of hydrogen-bond donors (Lipinski definition) is 1. The number of anilines is 1. The summed E-state index contributed by atoms with van der Waals surface area (Å²) in [5.41, 5.74) is 1.66. The minimum Gasteiger partial charge on any atom is -0.380 e. The van der Waals surface area contributed by atoms with Gasteiger partial charge in [-0.1, -0.05) is 31.5 Å². The number of nitrogens with one attached hydrogen (secondary N) is 1. The molecule has 0 aliphatic carbocycles. The quantitative estimate of drug-likeness (QED) is 0.900. The monoisotopic (exact) mass is 290 g/mol. The Morgan fingerprint density at radius 1 is 1.29 bits per heavy atom. The Balaban J connectivity index is 2.39. The van der Waals surface area contributed by atoms with Crippen LogP contribution in [0.1, 0.15) is 32.3 Å². The molecule has 0 aromatic heterocycles. The summed E-state index contributed by atoms with van der Waals surface area (Å²) >= 11 is 0. The molecule has 1 fully saturated rings. The van der Waals surface area contributed by atoms with E-state index < -0.39 is 12.1 Å². The van der Waals surface area contributed by atoms with E-state index in [9.17, 15) is 9.59 Å². The van der Waals surface area contributed by atoms with Crippen molar-refractivity contribution in [3.8, 4) is 0 Å². The number of benzene rings is 1. The Kier molecular flexibility index (Phi) is 4.96. The summed E-state index contributed by atoms with van der Waals surface area (Å²) in [6.45, 7) is 4.16. The molecule has 0 bridgehead atoms. The Morgan fingerprint density at radius 3 is 2.67 bits per heavy atom. The average Bonchev–Trinajstić information content (AvgIpc) is 2.47. The Bertz CT molecular complexity index is 530. The van der Waals surface area contributed by atoms with Crippen LogP contribution < -0.4 is 10.2 Å². The highest BCUT2D eigenvalue weighted by molar-refractivity contribution is 6.08. The van der Waals surface area contributed by atoms with Crippen molar-refractivity contribution >= 4 is 17.5 Å². The summed E-state index contributed by atoms with van der Waals surface area (Å²) in [6, 6.07) is 6.61. The van der Waals surface area contributed by atoms with Gasteiger partial charge in [0.25, 0.3) is 0 Å². The number of hydrogen-bond acceptors (Lipinski definition) is 3. The van der Waals surface area contributed by atoms with E-state index in [-0.39, 0.29) is 11.8 Å². The summed E-state index contributed by atoms with van der Waals surface area (Å²) in [4.78, 5) is 26.4. The molecule has 2 unspecified atom stereocenters. The van der Waals surface area contributed by atoms with Crippen LogP contribution in [0.3, 0.4) is 0 Å². The molecule has 1 aliphatic heterocycles. The number of piperazine rings is 1. The Labute approximate surface area is 125 Å². The lowest BCUT2D eigenvalue weighted by Crippen LogP contribution is -2.62. The van der Waals surface area contributed by atoms with Crippen molar-refractivity contribution in [2.75, 3.05) is 12.0 Å². The van der Waals surface area contributed by atoms with Crippen molar-refractivity contribution in [3.05, 3.63) is 29.8 Å². The molecular weight excluding hydrogens is 268 g/mol. The Morgan fingerprint density at radius 2 is 2.00 bits per heavy atom. The van der Waals surface area contributed by atoms with E-state index in [2.05, 4.69) is 5.32 Å². The fourth-order valence-corrected chi connectivity index (χ4v) is 2.67. The van der Waals surface area contributed by atoms with Gasteiger partial charge in [0.15, 0.2) is 0 Å². The lowest BCUT2D eigenvalue weighted by atomic mass is 10.0. The molecule has 1 aliphatic rings. The van der Waals surface area contributed by atoms with Gasteiger partial charge in [-0.3, -0.25) is 14.5 Å². The van der Waals surface area contributed by atoms with E-state index in [4.69, 9.17) is 4.74 Å². The van der Waals surface area contributed by atoms with Gasteiger partial charge in [0, 0.05) is 12.7 Å². The number of amides is 2. The highest BCUT2D eigenvalue weighted by atomic mass is 16.5. The second-order valence-corrected chi connectivity index (χ2v) is 5.30. The number of carbonyl (C=O) groups is 2. The molecule has 1 aromatic rings. The molecule has 2 atom stereocenters. The van der Waals surface area contributed by atoms with Gasteiger partial charge in [-0.25, -0.2) is 0 Å². The SMILES string of the molecule is CCCC1NC(=O)C(C)N(c2ccccc2COC)C1=O. The number of ether oxygens (including phenoxy) is 1. The average molecular weight is 290 g/mol. The smallest absolute Gasteiger partial charge is 0.250 e. The molecule has 1 aromatic carbocycles. The third-order valence-corrected chi connectivity index (χ3v) is 3.75. The lowest BCUT2D eigenvalue weighted by Gasteiger charge is -2.38. The number of methoxy groups -OCH3 is 1. The molecular formula is C16H22N2O3. The van der Waals surface area contributed by atoms with E-state index in [0.29, 0.717) is 13.0 Å². The fraction of sp³-hybridized carbons (Fsp3) is 0.500. The van der Waals surface area contributed by atoms with Crippen molar-refractivity contribution in [1.29, 1.82) is 0 Å². The first-order valence-electron chi connectivity index (χ1n) is 7.30. The number of nitrogens with zero attached hydrogens (tertiary/aromatic N) is 1. The first-order valence-corrected chi connectivity index (χ1v) is 7.30. The van der Waals surface area contributed by atoms with Gasteiger partial charge in [-0.2, -0.15) is 0 Å². The summed E-state index contributed by atoms with van der Waals surface area (Å²) in [5.74, 6) is -0.159. The Hall–Kier alpha value is -1.88. The van der Waals surface area contributed by atoms with E-state index in [1.807, 2.05) is 31.2 Å². The second kappa shape index (κ2) is 6.72. The van der Waals surface area contributed by atoms with Crippen LogP contribution in [0.25, 0.3) is 0 Å². The third-order valence-electron chi connectivity index (χ3n) is 3.75. The standard InChI is InChI=1S/C16H22N2O3/c1-4-7-13-16(20)18(11(2)15(19)17-13)14-9-6-5-8-12(14)10-21-3/h5-6,8-9,11,13H,4,7,10H2,1-3H3,(H,17,19). The van der Waals surface area contributed by atoms with Crippen LogP contribution >= 0.6 is 0 Å². The molecule has 0 saturated carbocycles. The zero-order valence-corrected chi connectivity index (χ0v) is 12.8. The maximum Gasteiger partial charge on any atom is 0.250 e. The molecule has 21 heavy (non-hydrogen) atoms. The molecule has 114 valence electrons. The first-order chi connectivity index (χ1) is 10.1. The zero-order valence-electron chi connectivity index (χ0n) is 12.8. The van der Waals surface area contributed by atoms with Crippen LogP contribution in [-0.4, -0.2) is 31.0 Å². The van der Waals surface area contributed by atoms with Crippen molar-refractivity contribution in [2.24, 2.45) is 0 Å². The van der Waals surface area contributed by atoms with Crippen LogP contribution in [0, 0.1) is 0 Å². The first kappa shape index (κ1) is 15.5. The summed E-state index contributed by atoms with van der Waals surface area (Å²) in [6.07, 6.45) is 1.50. The van der Waals surface area contributed by atoms with Gasteiger partial charge in [-0.05, 0) is 19.4 Å². The highest BCUT2D eigenvalue weighted by Crippen LogP contribution is 2.27. The van der Waals surface area contributed by atoms with Gasteiger partial charge in [0.05, 0.1) is 12.3 Å². The largest absolute Gasteiger partial charge is 0.380 e. The summed E-state index contributed by atoms with van der Waals surface area (Å²) < 4.78 is 5.19. The molecule has 0 radical (unpaired) electrons. The van der Waals surface area contributed by atoms with Crippen LogP contribution in [0.2, 0.25) is 0 Å². The van der Waals surface area contributed by atoms with Crippen LogP contribution in [0.4, 0.5) is 5.69 Å². The number of para-hydroxylation sites is 1. The maximum absolute atomic E-state index is 12.7. The van der Waals surface area contributed by atoms with E-state index in [1.165, 1.54) is 0 Å². The lowest BCUT2D eigenvalue weighted by molar-refractivity contribution is -0.133. The van der Waals surface area contributed by atoms with Gasteiger partial charge in [0.2, 0.25) is 11.8 Å². The molecule has 0 spiro atoms. The molecule has 1 saturated heterocycles. The normalized spacial score (nSPS) is 22.3. The maximum atomic E-state index is 12.7. The predicted octanol–water partition coefficient (Wildman–Crippen LogP) is 1.85. The zero-order chi connectivity index (χ0) is 15.4. The van der Waals surface area contributed by atoms with Crippen molar-refractivity contribution in [1.82, 2.24) is 5.32 Å². The molecule has 1 N–H and O–H groups in total. The number of carbonyl (C=O) groups excluding carboxylic acids is 2. The minimum absolute atomic E-state index is 0.0486. The topological polar surface area (TPSA) is 58.6 Å². The second-order valence-electron chi connectivity index (χ2n) is 5.30. The van der Waals surface area contributed by atoms with Crippen LogP contribution in [0.5, 0.6) is 0 Å². The van der Waals surface area contributed by atoms with Gasteiger partial charge in [0.1, 0.15) is 12.1 Å². The van der Waals surface area contributed by atoms with Crippen LogP contribution in [-0.2, 0) is 20.9 Å². The number of rotatable bonds is 5. The van der Waals surface area contributed by atoms with Gasteiger partial charge < -0.3 is 10.1 Å².